The highest BCUT2D eigenvalue weighted by molar-refractivity contribution is 6.39. The third-order valence-electron chi connectivity index (χ3n) is 4.02. The molecule has 1 fully saturated rings. The van der Waals surface area contributed by atoms with Gasteiger partial charge in [0.15, 0.2) is 0 Å². The number of carboxylic acids is 1. The number of carbonyl (C=O) groups excluding carboxylic acids is 1. The highest BCUT2D eigenvalue weighted by atomic mass is 16.4. The maximum Gasteiger partial charge on any atom is 0.377 e. The van der Waals surface area contributed by atoms with Crippen molar-refractivity contribution >= 4 is 11.8 Å². The number of carboxylic acid groups (broad SMARTS) is 1. The van der Waals surface area contributed by atoms with Crippen LogP contribution in [0.3, 0.4) is 0 Å². The Hall–Kier alpha value is -1.64. The number of rotatable bonds is 3. The second-order valence-electron chi connectivity index (χ2n) is 6.22. The number of hydrogen-bond donors (Lipinski definition) is 1. The number of carbonyl (C=O) groups is 2. The fraction of sp³-hybridized carbons (Fsp3) is 0.500. The van der Waals surface area contributed by atoms with Gasteiger partial charge in [0.1, 0.15) is 0 Å². The van der Waals surface area contributed by atoms with E-state index in [1.807, 2.05) is 6.07 Å². The van der Waals surface area contributed by atoms with Crippen LogP contribution in [0.2, 0.25) is 0 Å². The molecule has 3 nitrogen and oxygen atoms in total. The Labute approximate surface area is 113 Å². The van der Waals surface area contributed by atoms with Gasteiger partial charge in [-0.1, -0.05) is 38.5 Å². The standard InChI is InChI=1S/C16H20O3/c1-16(2)8-4-7-13(10-16)11-5-3-6-12(9-11)14(17)15(18)19/h3,5-6,9,13H,4,7-8,10H2,1-2H3,(H,18,19). The number of benzene rings is 1. The molecule has 1 N–H and O–H groups in total. The molecular formula is C16H20O3. The molecule has 0 radical (unpaired) electrons. The normalized spacial score (nSPS) is 21.9. The van der Waals surface area contributed by atoms with E-state index in [0.29, 0.717) is 11.3 Å². The molecule has 2 rings (SSSR count). The first-order chi connectivity index (χ1) is 8.89. The van der Waals surface area contributed by atoms with Crippen LogP contribution in [-0.4, -0.2) is 16.9 Å². The predicted octanol–water partition coefficient (Wildman–Crippen LogP) is 3.64. The number of aliphatic carboxylic acids is 1. The Kier molecular flexibility index (Phi) is 3.74. The highest BCUT2D eigenvalue weighted by Gasteiger charge is 2.29. The van der Waals surface area contributed by atoms with Gasteiger partial charge < -0.3 is 5.11 Å². The van der Waals surface area contributed by atoms with E-state index in [0.717, 1.165) is 18.4 Å². The van der Waals surface area contributed by atoms with Crippen LogP contribution >= 0.6 is 0 Å². The molecular weight excluding hydrogens is 240 g/mol. The van der Waals surface area contributed by atoms with Crippen molar-refractivity contribution in [3.05, 3.63) is 35.4 Å². The third-order valence-corrected chi connectivity index (χ3v) is 4.02. The van der Waals surface area contributed by atoms with Gasteiger partial charge in [-0.15, -0.1) is 0 Å². The number of Topliss-reactive ketones (excluding diaryl/α,β-unsaturated/α-hetero) is 1. The van der Waals surface area contributed by atoms with Crippen molar-refractivity contribution in [3.63, 3.8) is 0 Å². The summed E-state index contributed by atoms with van der Waals surface area (Å²) >= 11 is 0. The molecule has 102 valence electrons. The van der Waals surface area contributed by atoms with Gasteiger partial charge in [0, 0.05) is 5.56 Å². The first-order valence-corrected chi connectivity index (χ1v) is 6.77. The molecule has 1 saturated carbocycles. The summed E-state index contributed by atoms with van der Waals surface area (Å²) in [6, 6.07) is 7.12. The highest BCUT2D eigenvalue weighted by Crippen LogP contribution is 2.43. The molecule has 0 heterocycles. The first-order valence-electron chi connectivity index (χ1n) is 6.77. The van der Waals surface area contributed by atoms with Gasteiger partial charge in [0.2, 0.25) is 0 Å². The summed E-state index contributed by atoms with van der Waals surface area (Å²) in [5.74, 6) is -1.77. The first kappa shape index (κ1) is 13.8. The summed E-state index contributed by atoms with van der Waals surface area (Å²) in [5.41, 5.74) is 1.71. The van der Waals surface area contributed by atoms with Crippen molar-refractivity contribution in [2.24, 2.45) is 5.41 Å². The third kappa shape index (κ3) is 3.22. The molecule has 1 aliphatic rings. The molecule has 1 atom stereocenters. The van der Waals surface area contributed by atoms with Gasteiger partial charge in [0.25, 0.3) is 5.78 Å². The molecule has 0 bridgehead atoms. The van der Waals surface area contributed by atoms with E-state index in [1.54, 1.807) is 18.2 Å². The lowest BCUT2D eigenvalue weighted by atomic mass is 9.70. The molecule has 1 aromatic carbocycles. The van der Waals surface area contributed by atoms with E-state index in [4.69, 9.17) is 5.11 Å². The lowest BCUT2D eigenvalue weighted by molar-refractivity contribution is -0.131. The minimum Gasteiger partial charge on any atom is -0.475 e. The molecule has 3 heteroatoms. The summed E-state index contributed by atoms with van der Waals surface area (Å²) in [5, 5.41) is 8.77. The largest absolute Gasteiger partial charge is 0.475 e. The van der Waals surface area contributed by atoms with Crippen molar-refractivity contribution < 1.29 is 14.7 Å². The zero-order valence-corrected chi connectivity index (χ0v) is 11.5. The summed E-state index contributed by atoms with van der Waals surface area (Å²) in [6.45, 7) is 4.54. The van der Waals surface area contributed by atoms with E-state index in [1.165, 1.54) is 12.8 Å². The Bertz CT molecular complexity index is 502. The van der Waals surface area contributed by atoms with Gasteiger partial charge in [-0.2, -0.15) is 0 Å². The molecule has 1 aliphatic carbocycles. The van der Waals surface area contributed by atoms with E-state index in [9.17, 15) is 9.59 Å². The fourth-order valence-corrected chi connectivity index (χ4v) is 3.04. The van der Waals surface area contributed by atoms with Gasteiger partial charge in [-0.3, -0.25) is 4.79 Å². The Morgan fingerprint density at radius 3 is 2.68 bits per heavy atom. The van der Waals surface area contributed by atoms with E-state index in [-0.39, 0.29) is 5.56 Å². The van der Waals surface area contributed by atoms with Crippen LogP contribution in [0, 0.1) is 5.41 Å². The van der Waals surface area contributed by atoms with E-state index in [2.05, 4.69) is 13.8 Å². The maximum atomic E-state index is 11.5. The number of ketones is 1. The fourth-order valence-electron chi connectivity index (χ4n) is 3.04. The van der Waals surface area contributed by atoms with E-state index < -0.39 is 11.8 Å². The molecule has 0 spiro atoms. The van der Waals surface area contributed by atoms with Crippen LogP contribution in [0.15, 0.2) is 24.3 Å². The molecule has 0 aliphatic heterocycles. The Morgan fingerprint density at radius 2 is 2.05 bits per heavy atom. The summed E-state index contributed by atoms with van der Waals surface area (Å²) in [7, 11) is 0. The number of hydrogen-bond acceptors (Lipinski definition) is 2. The smallest absolute Gasteiger partial charge is 0.377 e. The average molecular weight is 260 g/mol. The molecule has 0 saturated heterocycles. The van der Waals surface area contributed by atoms with Gasteiger partial charge >= 0.3 is 5.97 Å². The van der Waals surface area contributed by atoms with Gasteiger partial charge in [-0.05, 0) is 42.2 Å². The minimum atomic E-state index is -1.39. The quantitative estimate of drug-likeness (QED) is 0.667. The summed E-state index contributed by atoms with van der Waals surface area (Å²) in [6.07, 6.45) is 4.64. The monoisotopic (exact) mass is 260 g/mol. The van der Waals surface area contributed by atoms with Gasteiger partial charge in [-0.25, -0.2) is 4.79 Å². The van der Waals surface area contributed by atoms with Crippen LogP contribution < -0.4 is 0 Å². The lowest BCUT2D eigenvalue weighted by Gasteiger charge is -2.35. The second-order valence-corrected chi connectivity index (χ2v) is 6.22. The maximum absolute atomic E-state index is 11.5. The van der Waals surface area contributed by atoms with Crippen LogP contribution in [0.25, 0.3) is 0 Å². The zero-order chi connectivity index (χ0) is 14.0. The predicted molar refractivity (Wildman–Crippen MR) is 73.4 cm³/mol. The SMILES string of the molecule is CC1(C)CCCC(c2cccc(C(=O)C(=O)O)c2)C1. The van der Waals surface area contributed by atoms with E-state index >= 15 is 0 Å². The second kappa shape index (κ2) is 5.16. The molecule has 1 unspecified atom stereocenters. The van der Waals surface area contributed by atoms with Crippen LogP contribution in [0.1, 0.15) is 61.4 Å². The lowest BCUT2D eigenvalue weighted by Crippen LogP contribution is -2.21. The molecule has 19 heavy (non-hydrogen) atoms. The minimum absolute atomic E-state index is 0.286. The topological polar surface area (TPSA) is 54.4 Å². The molecule has 0 amide bonds. The Balaban J connectivity index is 2.23. The average Bonchev–Trinajstić information content (AvgIpc) is 2.36. The van der Waals surface area contributed by atoms with Gasteiger partial charge in [0.05, 0.1) is 0 Å². The summed E-state index contributed by atoms with van der Waals surface area (Å²) in [4.78, 5) is 22.2. The molecule has 1 aromatic rings. The zero-order valence-electron chi connectivity index (χ0n) is 11.5. The van der Waals surface area contributed by atoms with Crippen LogP contribution in [0.5, 0.6) is 0 Å². The van der Waals surface area contributed by atoms with Crippen LogP contribution in [-0.2, 0) is 4.79 Å². The van der Waals surface area contributed by atoms with Crippen LogP contribution in [0.4, 0.5) is 0 Å². The van der Waals surface area contributed by atoms with Crippen molar-refractivity contribution in [2.45, 2.75) is 45.4 Å². The van der Waals surface area contributed by atoms with Crippen molar-refractivity contribution in [1.82, 2.24) is 0 Å². The van der Waals surface area contributed by atoms with Crippen molar-refractivity contribution in [1.29, 1.82) is 0 Å². The van der Waals surface area contributed by atoms with Crippen molar-refractivity contribution in [3.8, 4) is 0 Å². The Morgan fingerprint density at radius 1 is 1.32 bits per heavy atom. The van der Waals surface area contributed by atoms with Crippen molar-refractivity contribution in [2.75, 3.05) is 0 Å². The summed E-state index contributed by atoms with van der Waals surface area (Å²) < 4.78 is 0. The molecule has 0 aromatic heterocycles.